The standard InChI is InChI=1S/C9H6O2S2/c10-4-5-3-7(12)8(11)9-6(5)1-2-13-9/h1-4,11-12H. The van der Waals surface area contributed by atoms with Gasteiger partial charge in [0.05, 0.1) is 4.70 Å². The number of aromatic hydroxyl groups is 1. The average Bonchev–Trinajstić information content (AvgIpc) is 2.60. The van der Waals surface area contributed by atoms with Gasteiger partial charge in [-0.3, -0.25) is 4.79 Å². The highest BCUT2D eigenvalue weighted by molar-refractivity contribution is 7.80. The molecule has 0 bridgehead atoms. The van der Waals surface area contributed by atoms with Crippen molar-refractivity contribution in [2.45, 2.75) is 4.90 Å². The summed E-state index contributed by atoms with van der Waals surface area (Å²) in [4.78, 5) is 11.1. The normalized spacial score (nSPS) is 10.5. The monoisotopic (exact) mass is 210 g/mol. The van der Waals surface area contributed by atoms with Crippen LogP contribution in [0.5, 0.6) is 5.75 Å². The highest BCUT2D eigenvalue weighted by Crippen LogP contribution is 2.36. The summed E-state index contributed by atoms with van der Waals surface area (Å²) in [5, 5.41) is 12.2. The summed E-state index contributed by atoms with van der Waals surface area (Å²) in [5.41, 5.74) is 0.569. The molecule has 2 aromatic rings. The van der Waals surface area contributed by atoms with Gasteiger partial charge in [0.1, 0.15) is 5.75 Å². The molecule has 1 N–H and O–H groups in total. The van der Waals surface area contributed by atoms with Crippen molar-refractivity contribution in [3.05, 3.63) is 23.1 Å². The van der Waals surface area contributed by atoms with E-state index in [1.54, 1.807) is 6.07 Å². The molecular weight excluding hydrogens is 204 g/mol. The van der Waals surface area contributed by atoms with E-state index in [4.69, 9.17) is 0 Å². The maximum atomic E-state index is 10.7. The number of thiol groups is 1. The summed E-state index contributed by atoms with van der Waals surface area (Å²) < 4.78 is 0.717. The van der Waals surface area contributed by atoms with Crippen LogP contribution in [-0.2, 0) is 0 Å². The van der Waals surface area contributed by atoms with Crippen molar-refractivity contribution in [3.63, 3.8) is 0 Å². The molecule has 0 aliphatic heterocycles. The van der Waals surface area contributed by atoms with E-state index in [-0.39, 0.29) is 5.75 Å². The second-order valence-corrected chi connectivity index (χ2v) is 4.01. The van der Waals surface area contributed by atoms with Crippen LogP contribution in [0.2, 0.25) is 0 Å². The number of phenolic OH excluding ortho intramolecular Hbond substituents is 1. The third-order valence-electron chi connectivity index (χ3n) is 1.85. The lowest BCUT2D eigenvalue weighted by molar-refractivity contribution is 0.112. The van der Waals surface area contributed by atoms with Gasteiger partial charge in [-0.25, -0.2) is 0 Å². The SMILES string of the molecule is O=Cc1cc(S)c(O)c2sccc12. The number of rotatable bonds is 1. The minimum absolute atomic E-state index is 0.152. The zero-order chi connectivity index (χ0) is 9.42. The first kappa shape index (κ1) is 8.59. The van der Waals surface area contributed by atoms with Gasteiger partial charge in [0.2, 0.25) is 0 Å². The van der Waals surface area contributed by atoms with E-state index in [0.717, 1.165) is 16.4 Å². The molecule has 1 aromatic heterocycles. The minimum Gasteiger partial charge on any atom is -0.505 e. The molecular formula is C9H6O2S2. The fraction of sp³-hybridized carbons (Fsp3) is 0. The number of carbonyl (C=O) groups excluding carboxylic acids is 1. The van der Waals surface area contributed by atoms with Crippen molar-refractivity contribution in [2.75, 3.05) is 0 Å². The van der Waals surface area contributed by atoms with Gasteiger partial charge >= 0.3 is 0 Å². The van der Waals surface area contributed by atoms with E-state index in [1.807, 2.05) is 11.4 Å². The van der Waals surface area contributed by atoms with Crippen LogP contribution in [0.3, 0.4) is 0 Å². The molecule has 2 nitrogen and oxygen atoms in total. The molecule has 1 heterocycles. The summed E-state index contributed by atoms with van der Waals surface area (Å²) in [6.45, 7) is 0. The molecule has 4 heteroatoms. The van der Waals surface area contributed by atoms with Crippen molar-refractivity contribution >= 4 is 40.3 Å². The second kappa shape index (κ2) is 3.05. The third-order valence-corrected chi connectivity index (χ3v) is 3.12. The Labute approximate surface area is 84.2 Å². The van der Waals surface area contributed by atoms with E-state index >= 15 is 0 Å². The smallest absolute Gasteiger partial charge is 0.150 e. The van der Waals surface area contributed by atoms with E-state index < -0.39 is 0 Å². The molecule has 0 unspecified atom stereocenters. The highest BCUT2D eigenvalue weighted by Gasteiger charge is 2.09. The lowest BCUT2D eigenvalue weighted by Gasteiger charge is -2.01. The fourth-order valence-corrected chi connectivity index (χ4v) is 2.43. The lowest BCUT2D eigenvalue weighted by atomic mass is 10.1. The van der Waals surface area contributed by atoms with Crippen molar-refractivity contribution in [1.82, 2.24) is 0 Å². The van der Waals surface area contributed by atoms with Crippen molar-refractivity contribution in [3.8, 4) is 5.75 Å². The van der Waals surface area contributed by atoms with Gasteiger partial charge in [-0.1, -0.05) is 0 Å². The first-order chi connectivity index (χ1) is 6.24. The molecule has 0 atom stereocenters. The van der Waals surface area contributed by atoms with Crippen LogP contribution in [0, 0.1) is 0 Å². The first-order valence-corrected chi connectivity index (χ1v) is 4.94. The van der Waals surface area contributed by atoms with Crippen molar-refractivity contribution in [1.29, 1.82) is 0 Å². The Bertz CT molecular complexity index is 474. The zero-order valence-corrected chi connectivity index (χ0v) is 8.23. The van der Waals surface area contributed by atoms with E-state index in [0.29, 0.717) is 10.5 Å². The van der Waals surface area contributed by atoms with Crippen LogP contribution in [0.1, 0.15) is 10.4 Å². The summed E-state index contributed by atoms with van der Waals surface area (Å²) in [6.07, 6.45) is 0.772. The van der Waals surface area contributed by atoms with Gasteiger partial charge < -0.3 is 5.11 Å². The number of hydrogen-bond acceptors (Lipinski definition) is 4. The molecule has 0 fully saturated rings. The summed E-state index contributed by atoms with van der Waals surface area (Å²) in [6, 6.07) is 3.39. The van der Waals surface area contributed by atoms with E-state index in [1.165, 1.54) is 11.3 Å². The van der Waals surface area contributed by atoms with Crippen LogP contribution in [0.4, 0.5) is 0 Å². The quantitative estimate of drug-likeness (QED) is 0.561. The van der Waals surface area contributed by atoms with Crippen LogP contribution >= 0.6 is 24.0 Å². The van der Waals surface area contributed by atoms with Crippen LogP contribution in [0.25, 0.3) is 10.1 Å². The predicted molar refractivity (Wildman–Crippen MR) is 56.1 cm³/mol. The molecule has 13 heavy (non-hydrogen) atoms. The van der Waals surface area contributed by atoms with Gasteiger partial charge in [-0.05, 0) is 17.5 Å². The number of thiophene rings is 1. The number of benzene rings is 1. The van der Waals surface area contributed by atoms with Gasteiger partial charge in [-0.2, -0.15) is 0 Å². The third kappa shape index (κ3) is 1.22. The number of carbonyl (C=O) groups is 1. The van der Waals surface area contributed by atoms with Crippen LogP contribution in [0.15, 0.2) is 22.4 Å². The summed E-state index contributed by atoms with van der Waals surface area (Å²) in [7, 11) is 0. The molecule has 0 aliphatic carbocycles. The Morgan fingerprint density at radius 3 is 3.00 bits per heavy atom. The lowest BCUT2D eigenvalue weighted by Crippen LogP contribution is -1.81. The van der Waals surface area contributed by atoms with Gasteiger partial charge in [0.15, 0.2) is 6.29 Å². The number of fused-ring (bicyclic) bond motifs is 1. The molecule has 1 aromatic carbocycles. The largest absolute Gasteiger partial charge is 0.505 e. The molecule has 0 spiro atoms. The summed E-state index contributed by atoms with van der Waals surface area (Å²) in [5.74, 6) is 0.152. The van der Waals surface area contributed by atoms with E-state index in [2.05, 4.69) is 12.6 Å². The maximum absolute atomic E-state index is 10.7. The average molecular weight is 210 g/mol. The Balaban J connectivity index is 2.95. The Kier molecular flexibility index (Phi) is 2.01. The van der Waals surface area contributed by atoms with Gasteiger partial charge in [0.25, 0.3) is 0 Å². The Hall–Kier alpha value is -1.00. The zero-order valence-electron chi connectivity index (χ0n) is 6.52. The highest BCUT2D eigenvalue weighted by atomic mass is 32.1. The minimum atomic E-state index is 0.152. The molecule has 0 aliphatic rings. The topological polar surface area (TPSA) is 37.3 Å². The summed E-state index contributed by atoms with van der Waals surface area (Å²) >= 11 is 5.47. The van der Waals surface area contributed by atoms with Gasteiger partial charge in [0, 0.05) is 15.8 Å². The van der Waals surface area contributed by atoms with Crippen molar-refractivity contribution < 1.29 is 9.90 Å². The molecule has 2 rings (SSSR count). The van der Waals surface area contributed by atoms with E-state index in [9.17, 15) is 9.90 Å². The predicted octanol–water partition coefficient (Wildman–Crippen LogP) is 2.71. The van der Waals surface area contributed by atoms with Crippen LogP contribution in [-0.4, -0.2) is 11.4 Å². The fourth-order valence-electron chi connectivity index (χ4n) is 1.23. The second-order valence-electron chi connectivity index (χ2n) is 2.61. The molecule has 0 saturated heterocycles. The van der Waals surface area contributed by atoms with Crippen molar-refractivity contribution in [2.24, 2.45) is 0 Å². The molecule has 0 saturated carbocycles. The number of hydrogen-bond donors (Lipinski definition) is 2. The molecule has 66 valence electrons. The number of phenols is 1. The number of aldehydes is 1. The van der Waals surface area contributed by atoms with Gasteiger partial charge in [-0.15, -0.1) is 24.0 Å². The Morgan fingerprint density at radius 2 is 2.31 bits per heavy atom. The molecule has 0 radical (unpaired) electrons. The first-order valence-electron chi connectivity index (χ1n) is 3.61. The Morgan fingerprint density at radius 1 is 1.54 bits per heavy atom. The van der Waals surface area contributed by atoms with Crippen LogP contribution < -0.4 is 0 Å². The molecule has 0 amide bonds. The maximum Gasteiger partial charge on any atom is 0.150 e.